The summed E-state index contributed by atoms with van der Waals surface area (Å²) in [5, 5.41) is 4.93. The van der Waals surface area contributed by atoms with Crippen LogP contribution in [0.1, 0.15) is 17.2 Å². The van der Waals surface area contributed by atoms with Crippen LogP contribution < -0.4 is 5.73 Å². The fraction of sp³-hybridized carbons (Fsp3) is 0.273. The van der Waals surface area contributed by atoms with Gasteiger partial charge in [-0.25, -0.2) is 4.98 Å². The van der Waals surface area contributed by atoms with Crippen LogP contribution in [0.5, 0.6) is 0 Å². The van der Waals surface area contributed by atoms with E-state index in [0.29, 0.717) is 18.8 Å². The average molecular weight is 237 g/mol. The number of hydrogen-bond acceptors (Lipinski definition) is 3. The van der Waals surface area contributed by atoms with Crippen molar-refractivity contribution in [3.05, 3.63) is 46.5 Å². The molecular weight excluding hydrogens is 224 g/mol. The zero-order valence-electron chi connectivity index (χ0n) is 9.02. The molecule has 0 spiro atoms. The van der Waals surface area contributed by atoms with Crippen molar-refractivity contribution < 1.29 is 0 Å². The summed E-state index contributed by atoms with van der Waals surface area (Å²) >= 11 is 5.92. The average Bonchev–Trinajstić information content (AvgIpc) is 2.60. The van der Waals surface area contributed by atoms with Crippen molar-refractivity contribution >= 4 is 11.6 Å². The molecule has 0 aliphatic rings. The molecular formula is C11H13ClN4. The van der Waals surface area contributed by atoms with Crippen LogP contribution in [0.2, 0.25) is 5.02 Å². The van der Waals surface area contributed by atoms with Crippen molar-refractivity contribution in [3.8, 4) is 0 Å². The Kier molecular flexibility index (Phi) is 3.22. The predicted molar refractivity (Wildman–Crippen MR) is 63.2 cm³/mol. The topological polar surface area (TPSA) is 56.7 Å². The Hall–Kier alpha value is -1.39. The number of nitrogens with two attached hydrogens (primary N) is 1. The van der Waals surface area contributed by atoms with Gasteiger partial charge in [0, 0.05) is 18.5 Å². The molecule has 0 aliphatic heterocycles. The molecule has 0 saturated heterocycles. The van der Waals surface area contributed by atoms with Gasteiger partial charge >= 0.3 is 0 Å². The van der Waals surface area contributed by atoms with Gasteiger partial charge in [0.2, 0.25) is 0 Å². The lowest BCUT2D eigenvalue weighted by molar-refractivity contribution is 0.705. The summed E-state index contributed by atoms with van der Waals surface area (Å²) in [5.74, 6) is 1.56. The van der Waals surface area contributed by atoms with Gasteiger partial charge in [-0.3, -0.25) is 4.68 Å². The first kappa shape index (κ1) is 11.1. The van der Waals surface area contributed by atoms with Gasteiger partial charge in [-0.2, -0.15) is 5.10 Å². The molecule has 0 bridgehead atoms. The Morgan fingerprint density at radius 3 is 2.88 bits per heavy atom. The molecule has 1 heterocycles. The minimum atomic E-state index is 0.364. The van der Waals surface area contributed by atoms with E-state index in [2.05, 4.69) is 10.1 Å². The monoisotopic (exact) mass is 236 g/mol. The van der Waals surface area contributed by atoms with E-state index in [4.69, 9.17) is 17.3 Å². The van der Waals surface area contributed by atoms with E-state index < -0.39 is 0 Å². The Morgan fingerprint density at radius 1 is 1.44 bits per heavy atom. The summed E-state index contributed by atoms with van der Waals surface area (Å²) in [6.07, 6.45) is 0.712. The maximum absolute atomic E-state index is 5.92. The number of nitrogens with zero attached hydrogens (tertiary/aromatic N) is 3. The second-order valence-corrected chi connectivity index (χ2v) is 4.02. The molecule has 5 heteroatoms. The third-order valence-electron chi connectivity index (χ3n) is 2.33. The van der Waals surface area contributed by atoms with Gasteiger partial charge in [0.1, 0.15) is 5.82 Å². The van der Waals surface area contributed by atoms with Crippen molar-refractivity contribution in [2.24, 2.45) is 12.8 Å². The summed E-state index contributed by atoms with van der Waals surface area (Å²) in [6, 6.07) is 7.73. The summed E-state index contributed by atoms with van der Waals surface area (Å²) in [4.78, 5) is 4.34. The zero-order chi connectivity index (χ0) is 11.5. The minimum Gasteiger partial charge on any atom is -0.324 e. The van der Waals surface area contributed by atoms with E-state index in [9.17, 15) is 0 Å². The van der Waals surface area contributed by atoms with Crippen LogP contribution in [0.25, 0.3) is 0 Å². The van der Waals surface area contributed by atoms with Crippen LogP contribution in [0.15, 0.2) is 24.3 Å². The summed E-state index contributed by atoms with van der Waals surface area (Å²) < 4.78 is 1.75. The van der Waals surface area contributed by atoms with E-state index in [1.807, 2.05) is 31.3 Å². The molecule has 1 aromatic carbocycles. The van der Waals surface area contributed by atoms with Crippen molar-refractivity contribution in [1.29, 1.82) is 0 Å². The van der Waals surface area contributed by atoms with Gasteiger partial charge in [0.25, 0.3) is 0 Å². The fourth-order valence-corrected chi connectivity index (χ4v) is 1.76. The second kappa shape index (κ2) is 4.63. The third kappa shape index (κ3) is 2.40. The van der Waals surface area contributed by atoms with E-state index in [0.717, 1.165) is 16.4 Å². The molecule has 2 N–H and O–H groups in total. The van der Waals surface area contributed by atoms with E-state index in [-0.39, 0.29) is 0 Å². The Labute approximate surface area is 99.1 Å². The Balaban J connectivity index is 2.23. The molecule has 2 rings (SSSR count). The highest BCUT2D eigenvalue weighted by atomic mass is 35.5. The summed E-state index contributed by atoms with van der Waals surface area (Å²) in [5.41, 5.74) is 6.61. The third-order valence-corrected chi connectivity index (χ3v) is 2.57. The Bertz CT molecular complexity index is 492. The zero-order valence-corrected chi connectivity index (χ0v) is 9.78. The largest absolute Gasteiger partial charge is 0.324 e. The molecule has 1 aromatic heterocycles. The van der Waals surface area contributed by atoms with Crippen LogP contribution in [0.4, 0.5) is 0 Å². The first-order valence-electron chi connectivity index (χ1n) is 5.02. The molecule has 4 nitrogen and oxygen atoms in total. The SMILES string of the molecule is Cn1nc(CN)nc1Cc1cccc(Cl)c1. The molecule has 84 valence electrons. The first-order valence-corrected chi connectivity index (χ1v) is 5.40. The van der Waals surface area contributed by atoms with Gasteiger partial charge in [-0.1, -0.05) is 23.7 Å². The molecule has 0 fully saturated rings. The summed E-state index contributed by atoms with van der Waals surface area (Å²) in [7, 11) is 1.87. The van der Waals surface area contributed by atoms with Crippen LogP contribution in [-0.2, 0) is 20.0 Å². The highest BCUT2D eigenvalue weighted by molar-refractivity contribution is 6.30. The van der Waals surface area contributed by atoms with Crippen LogP contribution >= 0.6 is 11.6 Å². The van der Waals surface area contributed by atoms with Crippen molar-refractivity contribution in [2.75, 3.05) is 0 Å². The number of benzene rings is 1. The molecule has 0 radical (unpaired) electrons. The van der Waals surface area contributed by atoms with Crippen LogP contribution in [0, 0.1) is 0 Å². The fourth-order valence-electron chi connectivity index (χ4n) is 1.54. The highest BCUT2D eigenvalue weighted by Gasteiger charge is 2.06. The maximum atomic E-state index is 5.92. The first-order chi connectivity index (χ1) is 7.69. The van der Waals surface area contributed by atoms with Crippen molar-refractivity contribution in [3.63, 3.8) is 0 Å². The lowest BCUT2D eigenvalue weighted by atomic mass is 10.1. The quantitative estimate of drug-likeness (QED) is 0.879. The Morgan fingerprint density at radius 2 is 2.25 bits per heavy atom. The van der Waals surface area contributed by atoms with E-state index in [1.165, 1.54) is 0 Å². The number of hydrogen-bond donors (Lipinski definition) is 1. The smallest absolute Gasteiger partial charge is 0.164 e. The van der Waals surface area contributed by atoms with Crippen molar-refractivity contribution in [2.45, 2.75) is 13.0 Å². The standard InChI is InChI=1S/C11H13ClN4/c1-16-11(14-10(7-13)15-16)6-8-3-2-4-9(12)5-8/h2-5H,6-7,13H2,1H3. The molecule has 0 atom stereocenters. The van der Waals surface area contributed by atoms with Crippen LogP contribution in [0.3, 0.4) is 0 Å². The number of aromatic nitrogens is 3. The molecule has 0 unspecified atom stereocenters. The van der Waals surface area contributed by atoms with Crippen molar-refractivity contribution in [1.82, 2.24) is 14.8 Å². The van der Waals surface area contributed by atoms with Gasteiger partial charge < -0.3 is 5.73 Å². The molecule has 16 heavy (non-hydrogen) atoms. The highest BCUT2D eigenvalue weighted by Crippen LogP contribution is 2.13. The number of rotatable bonds is 3. The normalized spacial score (nSPS) is 10.7. The number of halogens is 1. The molecule has 2 aromatic rings. The van der Waals surface area contributed by atoms with Gasteiger partial charge in [0.15, 0.2) is 5.82 Å². The van der Waals surface area contributed by atoms with E-state index >= 15 is 0 Å². The molecule has 0 amide bonds. The lowest BCUT2D eigenvalue weighted by Crippen LogP contribution is -2.00. The van der Waals surface area contributed by atoms with Gasteiger partial charge in [0.05, 0.1) is 6.54 Å². The van der Waals surface area contributed by atoms with Crippen LogP contribution in [-0.4, -0.2) is 14.8 Å². The van der Waals surface area contributed by atoms with E-state index in [1.54, 1.807) is 4.68 Å². The summed E-state index contributed by atoms with van der Waals surface area (Å²) in [6.45, 7) is 0.364. The second-order valence-electron chi connectivity index (χ2n) is 3.58. The molecule has 0 aliphatic carbocycles. The molecule has 0 saturated carbocycles. The predicted octanol–water partition coefficient (Wildman–Crippen LogP) is 1.52. The minimum absolute atomic E-state index is 0.364. The lowest BCUT2D eigenvalue weighted by Gasteiger charge is -2.00. The number of aryl methyl sites for hydroxylation is 1. The van der Waals surface area contributed by atoms with Gasteiger partial charge in [-0.05, 0) is 17.7 Å². The maximum Gasteiger partial charge on any atom is 0.164 e. The van der Waals surface area contributed by atoms with Gasteiger partial charge in [-0.15, -0.1) is 0 Å².